The van der Waals surface area contributed by atoms with Crippen LogP contribution in [0, 0.1) is 0 Å². The van der Waals surface area contributed by atoms with E-state index < -0.39 is 0 Å². The van der Waals surface area contributed by atoms with Gasteiger partial charge in [-0.3, -0.25) is 9.59 Å². The van der Waals surface area contributed by atoms with Gasteiger partial charge in [0.15, 0.2) is 0 Å². The third-order valence-corrected chi connectivity index (χ3v) is 7.31. The predicted molar refractivity (Wildman–Crippen MR) is 155 cm³/mol. The molecule has 0 radical (unpaired) electrons. The number of carbonyl (C=O) groups excluding carboxylic acids is 2. The number of aryl methyl sites for hydroxylation is 1. The molecule has 3 aromatic carbocycles. The number of nitrogens with zero attached hydrogens (tertiary/aromatic N) is 4. The van der Waals surface area contributed by atoms with Gasteiger partial charge in [-0.25, -0.2) is 4.68 Å². The second-order valence-electron chi connectivity index (χ2n) is 9.73. The molecule has 0 saturated carbocycles. The van der Waals surface area contributed by atoms with Crippen molar-refractivity contribution in [3.63, 3.8) is 0 Å². The fourth-order valence-corrected chi connectivity index (χ4v) is 5.16. The number of anilines is 1. The second kappa shape index (κ2) is 11.6. The van der Waals surface area contributed by atoms with Crippen molar-refractivity contribution in [3.8, 4) is 0 Å². The first-order chi connectivity index (χ1) is 19.0. The molecule has 1 aromatic heterocycles. The van der Waals surface area contributed by atoms with Crippen LogP contribution < -0.4 is 10.6 Å². The molecule has 8 heteroatoms. The zero-order valence-corrected chi connectivity index (χ0v) is 22.7. The van der Waals surface area contributed by atoms with Gasteiger partial charge in [0.25, 0.3) is 11.8 Å². The number of piperidine rings is 1. The Labute approximate surface area is 228 Å². The van der Waals surface area contributed by atoms with Gasteiger partial charge in [-0.05, 0) is 98.9 Å². The van der Waals surface area contributed by atoms with E-state index in [9.17, 15) is 9.59 Å². The maximum Gasteiger partial charge on any atom is 0.255 e. The number of hydrogen-bond acceptors (Lipinski definition) is 5. The first-order valence-corrected chi connectivity index (χ1v) is 13.5. The molecule has 1 aliphatic rings. The van der Waals surface area contributed by atoms with Gasteiger partial charge in [0.1, 0.15) is 5.52 Å². The Hall–Kier alpha value is -4.30. The zero-order chi connectivity index (χ0) is 27.4. The molecule has 2 amide bonds. The summed E-state index contributed by atoms with van der Waals surface area (Å²) in [5.41, 5.74) is 8.13. The van der Waals surface area contributed by atoms with E-state index in [-0.39, 0.29) is 11.8 Å². The molecule has 4 aromatic rings. The Morgan fingerprint density at radius 2 is 1.59 bits per heavy atom. The van der Waals surface area contributed by atoms with Crippen LogP contribution in [0.1, 0.15) is 58.5 Å². The maximum atomic E-state index is 13.1. The summed E-state index contributed by atoms with van der Waals surface area (Å²) in [4.78, 5) is 27.8. The van der Waals surface area contributed by atoms with Gasteiger partial charge < -0.3 is 15.5 Å². The van der Waals surface area contributed by atoms with Crippen LogP contribution in [0.4, 0.5) is 5.69 Å². The van der Waals surface area contributed by atoms with Crippen LogP contribution in [0.2, 0.25) is 0 Å². The van der Waals surface area contributed by atoms with Gasteiger partial charge in [0.05, 0.1) is 5.52 Å². The van der Waals surface area contributed by atoms with E-state index in [0.29, 0.717) is 29.7 Å². The average molecular weight is 523 g/mol. The van der Waals surface area contributed by atoms with Crippen LogP contribution in [-0.4, -0.2) is 57.9 Å². The molecule has 39 heavy (non-hydrogen) atoms. The minimum absolute atomic E-state index is 0.0481. The van der Waals surface area contributed by atoms with E-state index in [0.717, 1.165) is 53.8 Å². The van der Waals surface area contributed by atoms with Crippen LogP contribution in [0.5, 0.6) is 0 Å². The maximum absolute atomic E-state index is 13.1. The fourth-order valence-electron chi connectivity index (χ4n) is 5.16. The molecule has 0 unspecified atom stereocenters. The number of fused-ring (bicyclic) bond motifs is 1. The lowest BCUT2D eigenvalue weighted by molar-refractivity contribution is 0.0772. The first-order valence-electron chi connectivity index (χ1n) is 13.5. The van der Waals surface area contributed by atoms with Crippen molar-refractivity contribution in [2.24, 2.45) is 7.05 Å². The van der Waals surface area contributed by atoms with Crippen molar-refractivity contribution in [2.75, 3.05) is 31.5 Å². The Morgan fingerprint density at radius 1 is 0.897 bits per heavy atom. The zero-order valence-electron chi connectivity index (χ0n) is 22.7. The largest absolute Gasteiger partial charge is 0.339 e. The minimum atomic E-state index is -0.199. The number of hydrogen-bond donors (Lipinski definition) is 2. The van der Waals surface area contributed by atoms with Gasteiger partial charge in [0, 0.05) is 37.0 Å². The molecule has 5 rings (SSSR count). The first kappa shape index (κ1) is 26.3. The van der Waals surface area contributed by atoms with Crippen LogP contribution in [-0.2, 0) is 7.05 Å². The lowest BCUT2D eigenvalue weighted by Gasteiger charge is -2.22. The summed E-state index contributed by atoms with van der Waals surface area (Å²) < 4.78 is 1.68. The van der Waals surface area contributed by atoms with E-state index in [4.69, 9.17) is 0 Å². The van der Waals surface area contributed by atoms with Crippen LogP contribution in [0.25, 0.3) is 16.6 Å². The van der Waals surface area contributed by atoms with Crippen molar-refractivity contribution in [1.29, 1.82) is 0 Å². The number of nitrogens with one attached hydrogen (secondary N) is 2. The fraction of sp³-hybridized carbons (Fsp3) is 0.290. The van der Waals surface area contributed by atoms with Gasteiger partial charge >= 0.3 is 0 Å². The van der Waals surface area contributed by atoms with Crippen molar-refractivity contribution in [3.05, 3.63) is 94.6 Å². The van der Waals surface area contributed by atoms with Crippen LogP contribution >= 0.6 is 0 Å². The van der Waals surface area contributed by atoms with Crippen molar-refractivity contribution >= 4 is 34.1 Å². The SMILES string of the molecule is CCN(CC)C(=O)c1ccc(C(=C2CCNCC2)c2cccc(NC(=O)c3ccc4c(c3)nnn4C)c2)cc1. The summed E-state index contributed by atoms with van der Waals surface area (Å²) in [5.74, 6) is -0.151. The summed E-state index contributed by atoms with van der Waals surface area (Å²) in [5, 5.41) is 14.6. The van der Waals surface area contributed by atoms with E-state index in [2.05, 4.69) is 27.0 Å². The molecular formula is C31H34N6O2. The molecule has 0 aliphatic carbocycles. The summed E-state index contributed by atoms with van der Waals surface area (Å²) >= 11 is 0. The highest BCUT2D eigenvalue weighted by Crippen LogP contribution is 2.33. The third kappa shape index (κ3) is 5.61. The normalized spacial score (nSPS) is 13.4. The van der Waals surface area contributed by atoms with Crippen molar-refractivity contribution < 1.29 is 9.59 Å². The van der Waals surface area contributed by atoms with Crippen molar-refractivity contribution in [2.45, 2.75) is 26.7 Å². The van der Waals surface area contributed by atoms with Crippen molar-refractivity contribution in [1.82, 2.24) is 25.2 Å². The molecule has 2 N–H and O–H groups in total. The molecule has 1 fully saturated rings. The summed E-state index contributed by atoms with van der Waals surface area (Å²) in [6, 6.07) is 21.3. The van der Waals surface area contributed by atoms with Gasteiger partial charge in [0.2, 0.25) is 0 Å². The predicted octanol–water partition coefficient (Wildman–Crippen LogP) is 4.89. The van der Waals surface area contributed by atoms with Gasteiger partial charge in [-0.15, -0.1) is 5.10 Å². The minimum Gasteiger partial charge on any atom is -0.339 e. The van der Waals surface area contributed by atoms with E-state index in [1.54, 1.807) is 16.8 Å². The van der Waals surface area contributed by atoms with Gasteiger partial charge in [-0.1, -0.05) is 35.1 Å². The molecular weight excluding hydrogens is 488 g/mol. The number of carbonyl (C=O) groups is 2. The Kier molecular flexibility index (Phi) is 7.84. The molecule has 2 heterocycles. The van der Waals surface area contributed by atoms with E-state index >= 15 is 0 Å². The topological polar surface area (TPSA) is 92.2 Å². The smallest absolute Gasteiger partial charge is 0.255 e. The van der Waals surface area contributed by atoms with E-state index in [1.165, 1.54) is 5.57 Å². The Balaban J connectivity index is 1.44. The highest BCUT2D eigenvalue weighted by atomic mass is 16.2. The molecule has 200 valence electrons. The molecule has 0 atom stereocenters. The number of benzene rings is 3. The summed E-state index contributed by atoms with van der Waals surface area (Å²) in [6.45, 7) is 7.22. The lowest BCUT2D eigenvalue weighted by Crippen LogP contribution is -2.30. The number of amides is 2. The molecule has 1 saturated heterocycles. The second-order valence-corrected chi connectivity index (χ2v) is 9.73. The summed E-state index contributed by atoms with van der Waals surface area (Å²) in [6.07, 6.45) is 1.90. The Bertz CT molecular complexity index is 1520. The molecule has 0 bridgehead atoms. The highest BCUT2D eigenvalue weighted by molar-refractivity contribution is 6.06. The molecule has 0 spiro atoms. The van der Waals surface area contributed by atoms with Gasteiger partial charge in [-0.2, -0.15) is 0 Å². The Morgan fingerprint density at radius 3 is 2.31 bits per heavy atom. The van der Waals surface area contributed by atoms with Crippen LogP contribution in [0.15, 0.2) is 72.3 Å². The lowest BCUT2D eigenvalue weighted by atomic mass is 9.88. The summed E-state index contributed by atoms with van der Waals surface area (Å²) in [7, 11) is 1.82. The van der Waals surface area contributed by atoms with E-state index in [1.807, 2.05) is 74.3 Å². The average Bonchev–Trinajstić information content (AvgIpc) is 3.35. The number of rotatable bonds is 7. The quantitative estimate of drug-likeness (QED) is 0.361. The van der Waals surface area contributed by atoms with Crippen LogP contribution in [0.3, 0.4) is 0 Å². The monoisotopic (exact) mass is 522 g/mol. The third-order valence-electron chi connectivity index (χ3n) is 7.31. The number of aromatic nitrogens is 3. The highest BCUT2D eigenvalue weighted by Gasteiger charge is 2.18. The standard InChI is InChI=1S/C31H34N6O2/c1-4-37(5-2)31(39)23-11-9-21(10-12-23)29(22-15-17-32-18-16-22)24-7-6-8-26(19-24)33-30(38)25-13-14-28-27(20-25)34-35-36(28)3/h6-14,19-20,32H,4-5,15-18H2,1-3H3,(H,33,38). The molecule has 1 aliphatic heterocycles. The molecule has 8 nitrogen and oxygen atoms in total.